The minimum absolute atomic E-state index is 0.245. The molecule has 2 aliphatic rings. The van der Waals surface area contributed by atoms with E-state index in [-0.39, 0.29) is 5.91 Å². The van der Waals surface area contributed by atoms with E-state index in [1.807, 2.05) is 36.1 Å². The van der Waals surface area contributed by atoms with E-state index in [9.17, 15) is 9.59 Å². The first-order chi connectivity index (χ1) is 17.5. The number of aromatic nitrogens is 1. The molecule has 2 aromatic carbocycles. The third-order valence-electron chi connectivity index (χ3n) is 7.16. The highest BCUT2D eigenvalue weighted by atomic mass is 16.2. The van der Waals surface area contributed by atoms with E-state index in [0.29, 0.717) is 29.8 Å². The summed E-state index contributed by atoms with van der Waals surface area (Å²) in [5, 5.41) is 3.39. The maximum absolute atomic E-state index is 12.2. The maximum atomic E-state index is 12.2. The first kappa shape index (κ1) is 23.9. The highest BCUT2D eigenvalue weighted by Gasteiger charge is 2.33. The number of nitrogens with one attached hydrogen (secondary N) is 1. The minimum atomic E-state index is -0.485. The summed E-state index contributed by atoms with van der Waals surface area (Å²) in [6, 6.07) is 20.8. The van der Waals surface area contributed by atoms with Crippen LogP contribution in [0.5, 0.6) is 0 Å². The quantitative estimate of drug-likeness (QED) is 0.451. The summed E-state index contributed by atoms with van der Waals surface area (Å²) in [5.74, 6) is 0.893. The molecule has 1 aromatic heterocycles. The average molecular weight is 484 g/mol. The number of hydrogen-bond donors (Lipinski definition) is 2. The zero-order valence-electron chi connectivity index (χ0n) is 20.7. The Morgan fingerprint density at radius 2 is 1.72 bits per heavy atom. The van der Waals surface area contributed by atoms with Crippen LogP contribution < -0.4 is 16.0 Å². The molecule has 1 aliphatic heterocycles. The van der Waals surface area contributed by atoms with Gasteiger partial charge in [0, 0.05) is 49.2 Å². The Bertz CT molecular complexity index is 1220. The SMILES string of the molecule is CCC(=O)N1CCC(c2ccc(Nc3cc(N(c4ccccc4)C4CC4)c(C(N)=O)cn3)cc2)CC1. The van der Waals surface area contributed by atoms with Crippen molar-refractivity contribution in [3.05, 3.63) is 78.0 Å². The van der Waals surface area contributed by atoms with Crippen molar-refractivity contribution < 1.29 is 9.59 Å². The number of likely N-dealkylation sites (tertiary alicyclic amines) is 1. The first-order valence-corrected chi connectivity index (χ1v) is 12.8. The number of anilines is 4. The lowest BCUT2D eigenvalue weighted by Gasteiger charge is -2.32. The summed E-state index contributed by atoms with van der Waals surface area (Å²) in [4.78, 5) is 32.9. The van der Waals surface area contributed by atoms with Gasteiger partial charge in [-0.05, 0) is 61.4 Å². The molecule has 7 heteroatoms. The molecule has 186 valence electrons. The van der Waals surface area contributed by atoms with E-state index < -0.39 is 5.91 Å². The van der Waals surface area contributed by atoms with Gasteiger partial charge in [0.25, 0.3) is 5.91 Å². The molecule has 1 saturated carbocycles. The third kappa shape index (κ3) is 5.20. The monoisotopic (exact) mass is 483 g/mol. The van der Waals surface area contributed by atoms with Crippen molar-refractivity contribution in [3.8, 4) is 0 Å². The lowest BCUT2D eigenvalue weighted by atomic mass is 9.89. The van der Waals surface area contributed by atoms with E-state index in [1.54, 1.807) is 6.20 Å². The zero-order chi connectivity index (χ0) is 25.1. The van der Waals surface area contributed by atoms with Gasteiger partial charge in [-0.25, -0.2) is 4.98 Å². The molecule has 7 nitrogen and oxygen atoms in total. The van der Waals surface area contributed by atoms with Gasteiger partial charge in [-0.1, -0.05) is 37.3 Å². The van der Waals surface area contributed by atoms with Crippen LogP contribution in [0.4, 0.5) is 22.9 Å². The van der Waals surface area contributed by atoms with Crippen molar-refractivity contribution in [3.63, 3.8) is 0 Å². The predicted octanol–water partition coefficient (Wildman–Crippen LogP) is 5.34. The van der Waals surface area contributed by atoms with E-state index in [2.05, 4.69) is 51.6 Å². The fourth-order valence-corrected chi connectivity index (χ4v) is 5.04. The fraction of sp³-hybridized carbons (Fsp3) is 0.345. The summed E-state index contributed by atoms with van der Waals surface area (Å²) < 4.78 is 0. The second kappa shape index (κ2) is 10.4. The largest absolute Gasteiger partial charge is 0.365 e. The summed E-state index contributed by atoms with van der Waals surface area (Å²) in [6.07, 6.45) is 6.28. The number of primary amides is 1. The van der Waals surface area contributed by atoms with E-state index >= 15 is 0 Å². The van der Waals surface area contributed by atoms with Gasteiger partial charge in [0.1, 0.15) is 5.82 Å². The van der Waals surface area contributed by atoms with Crippen molar-refractivity contribution in [2.24, 2.45) is 5.73 Å². The molecule has 3 N–H and O–H groups in total. The molecule has 2 heterocycles. The van der Waals surface area contributed by atoms with Crippen molar-refractivity contribution in [2.75, 3.05) is 23.3 Å². The molecule has 0 atom stereocenters. The zero-order valence-corrected chi connectivity index (χ0v) is 20.7. The van der Waals surface area contributed by atoms with Gasteiger partial charge >= 0.3 is 0 Å². The number of rotatable bonds is 8. The van der Waals surface area contributed by atoms with E-state index in [1.165, 1.54) is 5.56 Å². The lowest BCUT2D eigenvalue weighted by molar-refractivity contribution is -0.131. The topological polar surface area (TPSA) is 91.6 Å². The third-order valence-corrected chi connectivity index (χ3v) is 7.16. The van der Waals surface area contributed by atoms with Crippen LogP contribution in [0, 0.1) is 0 Å². The lowest BCUT2D eigenvalue weighted by Crippen LogP contribution is -2.37. The number of para-hydroxylation sites is 1. The molecule has 5 rings (SSSR count). The second-order valence-electron chi connectivity index (χ2n) is 9.64. The molecule has 0 spiro atoms. The van der Waals surface area contributed by atoms with Crippen LogP contribution >= 0.6 is 0 Å². The number of carbonyl (C=O) groups excluding carboxylic acids is 2. The van der Waals surface area contributed by atoms with Gasteiger partial charge in [0.15, 0.2) is 0 Å². The number of nitrogens with zero attached hydrogens (tertiary/aromatic N) is 3. The molecular formula is C29H33N5O2. The van der Waals surface area contributed by atoms with E-state index in [4.69, 9.17) is 5.73 Å². The Morgan fingerprint density at radius 3 is 2.33 bits per heavy atom. The van der Waals surface area contributed by atoms with Gasteiger partial charge in [0.05, 0.1) is 11.3 Å². The Kier molecular flexibility index (Phi) is 6.89. The molecule has 1 aliphatic carbocycles. The van der Waals surface area contributed by atoms with Crippen LogP contribution in [-0.4, -0.2) is 40.8 Å². The normalized spacial score (nSPS) is 16.0. The van der Waals surface area contributed by atoms with Crippen LogP contribution in [0.15, 0.2) is 66.9 Å². The molecule has 3 aromatic rings. The predicted molar refractivity (Wildman–Crippen MR) is 143 cm³/mol. The molecule has 2 amide bonds. The van der Waals surface area contributed by atoms with Crippen molar-refractivity contribution >= 4 is 34.7 Å². The molecule has 0 radical (unpaired) electrons. The van der Waals surface area contributed by atoms with Crippen molar-refractivity contribution in [2.45, 2.75) is 51.0 Å². The highest BCUT2D eigenvalue weighted by Crippen LogP contribution is 2.40. The van der Waals surface area contributed by atoms with Gasteiger partial charge in [0.2, 0.25) is 5.91 Å². The highest BCUT2D eigenvalue weighted by molar-refractivity contribution is 6.00. The van der Waals surface area contributed by atoms with Crippen molar-refractivity contribution in [1.29, 1.82) is 0 Å². The molecule has 36 heavy (non-hydrogen) atoms. The Morgan fingerprint density at radius 1 is 1.03 bits per heavy atom. The molecular weight excluding hydrogens is 450 g/mol. The van der Waals surface area contributed by atoms with Crippen LogP contribution in [-0.2, 0) is 4.79 Å². The van der Waals surface area contributed by atoms with Gasteiger partial charge in [-0.15, -0.1) is 0 Å². The Balaban J connectivity index is 1.33. The fourth-order valence-electron chi connectivity index (χ4n) is 5.04. The number of piperidine rings is 1. The molecule has 1 saturated heterocycles. The molecule has 2 fully saturated rings. The van der Waals surface area contributed by atoms with Crippen LogP contribution in [0.1, 0.15) is 60.9 Å². The van der Waals surface area contributed by atoms with Crippen LogP contribution in [0.25, 0.3) is 0 Å². The number of nitrogens with two attached hydrogens (primary N) is 1. The Labute approximate surface area is 212 Å². The molecule has 0 unspecified atom stereocenters. The first-order valence-electron chi connectivity index (χ1n) is 12.8. The summed E-state index contributed by atoms with van der Waals surface area (Å²) in [6.45, 7) is 3.58. The minimum Gasteiger partial charge on any atom is -0.365 e. The Hall–Kier alpha value is -3.87. The second-order valence-corrected chi connectivity index (χ2v) is 9.64. The van der Waals surface area contributed by atoms with Gasteiger partial charge < -0.3 is 20.9 Å². The number of hydrogen-bond acceptors (Lipinski definition) is 5. The van der Waals surface area contributed by atoms with Crippen LogP contribution in [0.3, 0.4) is 0 Å². The van der Waals surface area contributed by atoms with Crippen molar-refractivity contribution in [1.82, 2.24) is 9.88 Å². The van der Waals surface area contributed by atoms with Crippen LogP contribution in [0.2, 0.25) is 0 Å². The number of carbonyl (C=O) groups is 2. The average Bonchev–Trinajstić information content (AvgIpc) is 3.75. The van der Waals surface area contributed by atoms with Gasteiger partial charge in [-0.3, -0.25) is 9.59 Å². The number of benzene rings is 2. The number of pyridine rings is 1. The van der Waals surface area contributed by atoms with E-state index in [0.717, 1.165) is 55.8 Å². The smallest absolute Gasteiger partial charge is 0.252 e. The summed E-state index contributed by atoms with van der Waals surface area (Å²) in [7, 11) is 0. The summed E-state index contributed by atoms with van der Waals surface area (Å²) in [5.41, 5.74) is 10.2. The maximum Gasteiger partial charge on any atom is 0.252 e. The summed E-state index contributed by atoms with van der Waals surface area (Å²) >= 11 is 0. The number of amides is 2. The molecule has 0 bridgehead atoms. The van der Waals surface area contributed by atoms with Gasteiger partial charge in [-0.2, -0.15) is 0 Å². The standard InChI is InChI=1S/C29H33N5O2/c1-2-28(35)33-16-14-21(15-17-33)20-8-10-22(11-9-20)32-27-18-26(25(19-31-27)29(30)36)34(24-12-13-24)23-6-4-3-5-7-23/h3-11,18-19,21,24H,2,12-17H2,1H3,(H2,30,36)(H,31,32).